The Bertz CT molecular complexity index is 261. The Kier molecular flexibility index (Phi) is 3.88. The van der Waals surface area contributed by atoms with Crippen LogP contribution in [0.1, 0.15) is 6.42 Å². The maximum absolute atomic E-state index is 11.0. The van der Waals surface area contributed by atoms with E-state index in [0.29, 0.717) is 0 Å². The van der Waals surface area contributed by atoms with Gasteiger partial charge in [-0.05, 0) is 11.6 Å². The minimum Gasteiger partial charge on any atom is -0.429 e. The summed E-state index contributed by atoms with van der Waals surface area (Å²) in [5.41, 5.74) is 0. The molecule has 4 nitrogen and oxygen atoms in total. The maximum atomic E-state index is 11.0. The van der Waals surface area contributed by atoms with Gasteiger partial charge in [0.15, 0.2) is 6.10 Å². The third-order valence-corrected chi connectivity index (χ3v) is 2.08. The summed E-state index contributed by atoms with van der Waals surface area (Å²) < 4.78 is 7.57. The van der Waals surface area contributed by atoms with E-state index in [4.69, 9.17) is 51.1 Å². The minimum absolute atomic E-state index is 0.308. The van der Waals surface area contributed by atoms with Gasteiger partial charge in [-0.2, -0.15) is 0 Å². The summed E-state index contributed by atoms with van der Waals surface area (Å²) in [6.07, 6.45) is -2.71. The average molecular weight is 282 g/mol. The van der Waals surface area contributed by atoms with Gasteiger partial charge in [-0.1, -0.05) is 34.8 Å². The van der Waals surface area contributed by atoms with Gasteiger partial charge in [-0.25, -0.2) is 4.79 Å². The van der Waals surface area contributed by atoms with Crippen LogP contribution in [0.15, 0.2) is 0 Å². The van der Waals surface area contributed by atoms with E-state index in [1.165, 1.54) is 0 Å². The summed E-state index contributed by atoms with van der Waals surface area (Å²) in [5, 5.41) is -0.725. The highest BCUT2D eigenvalue weighted by Crippen LogP contribution is 2.37. The van der Waals surface area contributed by atoms with Crippen molar-refractivity contribution >= 4 is 57.6 Å². The number of hydrogen-bond acceptors (Lipinski definition) is 4. The van der Waals surface area contributed by atoms with Crippen LogP contribution in [0.5, 0.6) is 0 Å². The van der Waals surface area contributed by atoms with Crippen LogP contribution in [0, 0.1) is 0 Å². The van der Waals surface area contributed by atoms with Crippen LogP contribution in [-0.4, -0.2) is 27.4 Å². The second-order valence-corrected chi connectivity index (χ2v) is 5.28. The van der Waals surface area contributed by atoms with Gasteiger partial charge in [0.2, 0.25) is 5.24 Å². The highest BCUT2D eigenvalue weighted by Gasteiger charge is 2.47. The van der Waals surface area contributed by atoms with Gasteiger partial charge in [0, 0.05) is 0 Å². The lowest BCUT2D eigenvalue weighted by atomic mass is 10.3. The first-order valence-corrected chi connectivity index (χ1v) is 4.93. The number of hydrogen-bond donors (Lipinski definition) is 0. The van der Waals surface area contributed by atoms with Crippen molar-refractivity contribution in [2.24, 2.45) is 0 Å². The molecule has 1 aliphatic heterocycles. The first-order chi connectivity index (χ1) is 6.30. The quantitative estimate of drug-likeness (QED) is 0.440. The molecule has 0 saturated carbocycles. The molecule has 0 radical (unpaired) electrons. The molecule has 0 amide bonds. The molecule has 0 aromatic carbocycles. The number of halogens is 4. The molecular formula is C6H4Cl4O4. The molecule has 0 spiro atoms. The van der Waals surface area contributed by atoms with Crippen molar-refractivity contribution in [3.05, 3.63) is 0 Å². The molecule has 1 rings (SSSR count). The lowest BCUT2D eigenvalue weighted by Gasteiger charge is -2.16. The van der Waals surface area contributed by atoms with E-state index < -0.39 is 27.4 Å². The van der Waals surface area contributed by atoms with Crippen LogP contribution in [0.3, 0.4) is 0 Å². The van der Waals surface area contributed by atoms with Crippen LogP contribution >= 0.6 is 46.4 Å². The van der Waals surface area contributed by atoms with Crippen molar-refractivity contribution in [3.63, 3.8) is 0 Å². The maximum Gasteiger partial charge on any atom is 0.338 e. The Labute approximate surface area is 99.3 Å². The van der Waals surface area contributed by atoms with Crippen LogP contribution in [0.4, 0.5) is 0 Å². The van der Waals surface area contributed by atoms with Gasteiger partial charge in [0.25, 0.3) is 10.1 Å². The lowest BCUT2D eigenvalue weighted by molar-refractivity contribution is -0.143. The highest BCUT2D eigenvalue weighted by atomic mass is 35.6. The zero-order valence-corrected chi connectivity index (χ0v) is 9.53. The van der Waals surface area contributed by atoms with E-state index in [1.54, 1.807) is 0 Å². The third-order valence-electron chi connectivity index (χ3n) is 1.39. The molecule has 2 unspecified atom stereocenters. The van der Waals surface area contributed by atoms with E-state index in [0.717, 1.165) is 0 Å². The van der Waals surface area contributed by atoms with Crippen molar-refractivity contribution < 1.29 is 19.1 Å². The average Bonchev–Trinajstić information content (AvgIpc) is 2.30. The Morgan fingerprint density at radius 1 is 1.43 bits per heavy atom. The van der Waals surface area contributed by atoms with E-state index in [2.05, 4.69) is 4.74 Å². The number of ether oxygens (including phenoxy) is 2. The summed E-state index contributed by atoms with van der Waals surface area (Å²) in [5.74, 6) is -0.768. The topological polar surface area (TPSA) is 52.6 Å². The lowest BCUT2D eigenvalue weighted by Crippen LogP contribution is -2.27. The van der Waals surface area contributed by atoms with Crippen LogP contribution in [0.25, 0.3) is 0 Å². The summed E-state index contributed by atoms with van der Waals surface area (Å²) in [4.78, 5) is 21.5. The Balaban J connectivity index is 2.60. The van der Waals surface area contributed by atoms with Crippen LogP contribution in [-0.2, 0) is 19.1 Å². The Morgan fingerprint density at radius 2 is 2.00 bits per heavy atom. The number of carbonyl (C=O) groups is 2. The van der Waals surface area contributed by atoms with Gasteiger partial charge in [0.1, 0.15) is 0 Å². The molecule has 8 heteroatoms. The van der Waals surface area contributed by atoms with Crippen molar-refractivity contribution in [1.82, 2.24) is 0 Å². The monoisotopic (exact) mass is 280 g/mol. The van der Waals surface area contributed by atoms with Gasteiger partial charge < -0.3 is 9.47 Å². The second-order valence-electron chi connectivity index (χ2n) is 2.49. The molecule has 0 aromatic heterocycles. The van der Waals surface area contributed by atoms with Crippen molar-refractivity contribution in [3.8, 4) is 0 Å². The molecule has 0 bridgehead atoms. The summed E-state index contributed by atoms with van der Waals surface area (Å²) >= 11 is 21.3. The number of rotatable bonds is 2. The number of alkyl halides is 3. The number of cyclic esters (lactones) is 1. The molecule has 2 atom stereocenters. The molecule has 80 valence electrons. The molecule has 1 aliphatic rings. The summed E-state index contributed by atoms with van der Waals surface area (Å²) in [7, 11) is 0. The van der Waals surface area contributed by atoms with E-state index in [9.17, 15) is 9.59 Å². The molecule has 0 N–H and O–H groups in total. The molecule has 14 heavy (non-hydrogen) atoms. The summed E-state index contributed by atoms with van der Waals surface area (Å²) in [6.45, 7) is 0. The fraction of sp³-hybridized carbons (Fsp3) is 0.667. The molecular weight excluding hydrogens is 278 g/mol. The standard InChI is InChI=1S/C6H4Cl4O4/c7-3(11)1-2-4(12)14-5(13-2)6(8,9)10/h2,5H,1H2. The fourth-order valence-corrected chi connectivity index (χ4v) is 1.26. The van der Waals surface area contributed by atoms with Crippen LogP contribution < -0.4 is 0 Å². The first kappa shape index (κ1) is 12.3. The van der Waals surface area contributed by atoms with Crippen molar-refractivity contribution in [2.75, 3.05) is 0 Å². The van der Waals surface area contributed by atoms with Gasteiger partial charge in [-0.3, -0.25) is 4.79 Å². The van der Waals surface area contributed by atoms with E-state index in [1.807, 2.05) is 0 Å². The molecule has 0 aliphatic carbocycles. The van der Waals surface area contributed by atoms with Gasteiger partial charge in [-0.15, -0.1) is 0 Å². The van der Waals surface area contributed by atoms with E-state index in [-0.39, 0.29) is 6.42 Å². The largest absolute Gasteiger partial charge is 0.429 e. The van der Waals surface area contributed by atoms with Crippen molar-refractivity contribution in [1.29, 1.82) is 0 Å². The van der Waals surface area contributed by atoms with Gasteiger partial charge >= 0.3 is 5.97 Å². The highest BCUT2D eigenvalue weighted by molar-refractivity contribution is 6.68. The third kappa shape index (κ3) is 3.14. The number of carbonyl (C=O) groups excluding carboxylic acids is 2. The summed E-state index contributed by atoms with van der Waals surface area (Å²) in [6, 6.07) is 0. The first-order valence-electron chi connectivity index (χ1n) is 3.41. The van der Waals surface area contributed by atoms with Crippen molar-refractivity contribution in [2.45, 2.75) is 22.6 Å². The minimum atomic E-state index is -1.88. The molecule has 0 aromatic rings. The predicted molar refractivity (Wildman–Crippen MR) is 50.5 cm³/mol. The zero-order valence-electron chi connectivity index (χ0n) is 6.51. The fourth-order valence-electron chi connectivity index (χ4n) is 0.835. The normalized spacial score (nSPS) is 27.6. The van der Waals surface area contributed by atoms with E-state index >= 15 is 0 Å². The number of esters is 1. The molecule has 1 saturated heterocycles. The zero-order chi connectivity index (χ0) is 10.9. The molecule has 1 heterocycles. The predicted octanol–water partition coefficient (Wildman–Crippen LogP) is 1.78. The van der Waals surface area contributed by atoms with Gasteiger partial charge in [0.05, 0.1) is 6.42 Å². The van der Waals surface area contributed by atoms with Crippen LogP contribution in [0.2, 0.25) is 0 Å². The molecule has 1 fully saturated rings. The Morgan fingerprint density at radius 3 is 2.36 bits per heavy atom. The smallest absolute Gasteiger partial charge is 0.338 e. The SMILES string of the molecule is O=C(Cl)CC1OC(C(Cl)(Cl)Cl)OC1=O. The Hall–Kier alpha value is 0.260. The second kappa shape index (κ2) is 4.41.